The minimum Gasteiger partial charge on any atom is -0.457 e. The molecule has 0 bridgehead atoms. The molecule has 0 atom stereocenters. The van der Waals surface area contributed by atoms with Crippen LogP contribution in [0, 0.1) is 0 Å². The summed E-state index contributed by atoms with van der Waals surface area (Å²) in [4.78, 5) is 25.6. The number of carbonyl (C=O) groups is 2. The molecule has 3 aromatic rings. The van der Waals surface area contributed by atoms with E-state index < -0.39 is 0 Å². The predicted octanol–water partition coefficient (Wildman–Crippen LogP) is 4.37. The molecule has 0 radical (unpaired) electrons. The molecule has 0 saturated heterocycles. The van der Waals surface area contributed by atoms with Crippen LogP contribution in [0.3, 0.4) is 0 Å². The van der Waals surface area contributed by atoms with Gasteiger partial charge in [-0.05, 0) is 18.2 Å². The van der Waals surface area contributed by atoms with Gasteiger partial charge < -0.3 is 4.42 Å². The van der Waals surface area contributed by atoms with Crippen molar-refractivity contribution in [3.05, 3.63) is 89.2 Å². The smallest absolute Gasteiger partial charge is 0.195 e. The molecule has 23 heavy (non-hydrogen) atoms. The van der Waals surface area contributed by atoms with Crippen LogP contribution in [0.5, 0.6) is 0 Å². The van der Waals surface area contributed by atoms with Crippen LogP contribution >= 0.6 is 0 Å². The van der Waals surface area contributed by atoms with E-state index in [9.17, 15) is 9.59 Å². The van der Waals surface area contributed by atoms with Gasteiger partial charge in [-0.3, -0.25) is 9.59 Å². The standard InChI is InChI=1S/C20H12O3/c1-2-12-10-11-17(23-12)15-8-5-9-16-18(15)20(22)14-7-4-3-6-13(14)19(16)21/h2-11H,1H2. The monoisotopic (exact) mass is 300 g/mol. The lowest BCUT2D eigenvalue weighted by Crippen LogP contribution is -2.21. The van der Waals surface area contributed by atoms with Gasteiger partial charge in [-0.25, -0.2) is 0 Å². The summed E-state index contributed by atoms with van der Waals surface area (Å²) in [5, 5.41) is 0. The van der Waals surface area contributed by atoms with Crippen LogP contribution in [-0.4, -0.2) is 11.6 Å². The number of furan rings is 1. The molecule has 1 aliphatic carbocycles. The van der Waals surface area contributed by atoms with Crippen LogP contribution in [0.25, 0.3) is 17.4 Å². The maximum Gasteiger partial charge on any atom is 0.195 e. The van der Waals surface area contributed by atoms with E-state index in [0.29, 0.717) is 39.3 Å². The van der Waals surface area contributed by atoms with Crippen molar-refractivity contribution in [3.63, 3.8) is 0 Å². The van der Waals surface area contributed by atoms with Crippen LogP contribution in [-0.2, 0) is 0 Å². The number of hydrogen-bond acceptors (Lipinski definition) is 3. The Labute approximate surface area is 132 Å². The van der Waals surface area contributed by atoms with Gasteiger partial charge in [-0.2, -0.15) is 0 Å². The van der Waals surface area contributed by atoms with Gasteiger partial charge in [-0.15, -0.1) is 0 Å². The van der Waals surface area contributed by atoms with Crippen molar-refractivity contribution in [1.29, 1.82) is 0 Å². The third-order valence-corrected chi connectivity index (χ3v) is 4.05. The van der Waals surface area contributed by atoms with Crippen molar-refractivity contribution in [2.45, 2.75) is 0 Å². The lowest BCUT2D eigenvalue weighted by Gasteiger charge is -2.19. The Morgan fingerprint density at radius 1 is 0.739 bits per heavy atom. The lowest BCUT2D eigenvalue weighted by atomic mass is 9.81. The van der Waals surface area contributed by atoms with Gasteiger partial charge in [0.05, 0.1) is 0 Å². The zero-order chi connectivity index (χ0) is 16.0. The molecular weight excluding hydrogens is 288 g/mol. The van der Waals surface area contributed by atoms with Crippen molar-refractivity contribution >= 4 is 17.6 Å². The van der Waals surface area contributed by atoms with E-state index in [4.69, 9.17) is 4.42 Å². The van der Waals surface area contributed by atoms with Crippen LogP contribution in [0.2, 0.25) is 0 Å². The first-order valence-electron chi connectivity index (χ1n) is 7.25. The fourth-order valence-corrected chi connectivity index (χ4v) is 2.96. The highest BCUT2D eigenvalue weighted by Gasteiger charge is 2.32. The SMILES string of the molecule is C=Cc1ccc(-c2cccc3c2C(=O)c2ccccc2C3=O)o1. The first-order chi connectivity index (χ1) is 11.2. The minimum absolute atomic E-state index is 0.132. The largest absolute Gasteiger partial charge is 0.457 e. The molecule has 3 heteroatoms. The van der Waals surface area contributed by atoms with Crippen molar-refractivity contribution < 1.29 is 14.0 Å². The first-order valence-corrected chi connectivity index (χ1v) is 7.25. The number of ketones is 2. The van der Waals surface area contributed by atoms with Crippen molar-refractivity contribution in [1.82, 2.24) is 0 Å². The number of carbonyl (C=O) groups excluding carboxylic acids is 2. The molecule has 0 spiro atoms. The van der Waals surface area contributed by atoms with Crippen molar-refractivity contribution in [3.8, 4) is 11.3 Å². The fourth-order valence-electron chi connectivity index (χ4n) is 2.96. The van der Waals surface area contributed by atoms with Crippen molar-refractivity contribution in [2.24, 2.45) is 0 Å². The molecule has 0 saturated carbocycles. The molecule has 4 rings (SSSR count). The van der Waals surface area contributed by atoms with E-state index >= 15 is 0 Å². The summed E-state index contributed by atoms with van der Waals surface area (Å²) >= 11 is 0. The summed E-state index contributed by atoms with van der Waals surface area (Å²) in [5.41, 5.74) is 2.34. The Hall–Kier alpha value is -3.20. The minimum atomic E-state index is -0.151. The molecular formula is C20H12O3. The van der Waals surface area contributed by atoms with Crippen LogP contribution < -0.4 is 0 Å². The third kappa shape index (κ3) is 1.90. The Bertz CT molecular complexity index is 976. The second-order valence-corrected chi connectivity index (χ2v) is 5.34. The normalized spacial score (nSPS) is 12.7. The van der Waals surface area contributed by atoms with E-state index in [1.165, 1.54) is 0 Å². The Kier molecular flexibility index (Phi) is 2.88. The van der Waals surface area contributed by atoms with E-state index in [1.54, 1.807) is 60.7 Å². The number of fused-ring (bicyclic) bond motifs is 2. The van der Waals surface area contributed by atoms with Gasteiger partial charge in [0.2, 0.25) is 0 Å². The summed E-state index contributed by atoms with van der Waals surface area (Å²) in [6.45, 7) is 3.67. The highest BCUT2D eigenvalue weighted by molar-refractivity contribution is 6.30. The van der Waals surface area contributed by atoms with Gasteiger partial charge in [0, 0.05) is 27.8 Å². The number of hydrogen-bond donors (Lipinski definition) is 0. The average molecular weight is 300 g/mol. The van der Waals surface area contributed by atoms with Gasteiger partial charge in [0.1, 0.15) is 11.5 Å². The maximum absolute atomic E-state index is 12.9. The summed E-state index contributed by atoms with van der Waals surface area (Å²) in [5.74, 6) is 0.889. The van der Waals surface area contributed by atoms with Gasteiger partial charge in [0.25, 0.3) is 0 Å². The van der Waals surface area contributed by atoms with E-state index in [0.717, 1.165) is 0 Å². The zero-order valence-corrected chi connectivity index (χ0v) is 12.2. The molecule has 1 heterocycles. The highest BCUT2D eigenvalue weighted by Crippen LogP contribution is 2.35. The predicted molar refractivity (Wildman–Crippen MR) is 87.5 cm³/mol. The average Bonchev–Trinajstić information content (AvgIpc) is 3.08. The topological polar surface area (TPSA) is 47.3 Å². The molecule has 0 fully saturated rings. The van der Waals surface area contributed by atoms with Gasteiger partial charge in [-0.1, -0.05) is 49.0 Å². The molecule has 0 amide bonds. The Morgan fingerprint density at radius 3 is 2.09 bits per heavy atom. The summed E-state index contributed by atoms with van der Waals surface area (Å²) in [6.07, 6.45) is 1.60. The van der Waals surface area contributed by atoms with Gasteiger partial charge in [0.15, 0.2) is 11.6 Å². The summed E-state index contributed by atoms with van der Waals surface area (Å²) < 4.78 is 5.67. The zero-order valence-electron chi connectivity index (χ0n) is 12.2. The van der Waals surface area contributed by atoms with E-state index in [-0.39, 0.29) is 11.6 Å². The number of rotatable bonds is 2. The molecule has 1 aromatic heterocycles. The fraction of sp³-hybridized carbons (Fsp3) is 0. The molecule has 1 aliphatic rings. The van der Waals surface area contributed by atoms with Crippen LogP contribution in [0.15, 0.2) is 65.6 Å². The van der Waals surface area contributed by atoms with Crippen molar-refractivity contribution in [2.75, 3.05) is 0 Å². The number of benzene rings is 2. The first kappa shape index (κ1) is 13.5. The molecule has 110 valence electrons. The molecule has 2 aromatic carbocycles. The third-order valence-electron chi connectivity index (χ3n) is 4.05. The molecule has 0 N–H and O–H groups in total. The summed E-state index contributed by atoms with van der Waals surface area (Å²) in [7, 11) is 0. The van der Waals surface area contributed by atoms with E-state index in [1.807, 2.05) is 0 Å². The second kappa shape index (κ2) is 4.92. The van der Waals surface area contributed by atoms with Gasteiger partial charge >= 0.3 is 0 Å². The molecule has 0 aliphatic heterocycles. The second-order valence-electron chi connectivity index (χ2n) is 5.34. The highest BCUT2D eigenvalue weighted by atomic mass is 16.3. The molecule has 3 nitrogen and oxygen atoms in total. The van der Waals surface area contributed by atoms with E-state index in [2.05, 4.69) is 6.58 Å². The quantitative estimate of drug-likeness (QED) is 0.552. The summed E-state index contributed by atoms with van der Waals surface area (Å²) in [6, 6.07) is 15.7. The maximum atomic E-state index is 12.9. The molecule has 0 unspecified atom stereocenters. The Morgan fingerprint density at radius 2 is 1.39 bits per heavy atom. The van der Waals surface area contributed by atoms with Crippen LogP contribution in [0.4, 0.5) is 0 Å². The Balaban J connectivity index is 1.98. The lowest BCUT2D eigenvalue weighted by molar-refractivity contribution is 0.0979. The van der Waals surface area contributed by atoms with Crippen LogP contribution in [0.1, 0.15) is 37.6 Å².